The van der Waals surface area contributed by atoms with Crippen molar-refractivity contribution in [3.8, 4) is 5.75 Å². The molecule has 2 rings (SSSR count). The number of para-hydroxylation sites is 2. The molecule has 1 saturated carbocycles. The van der Waals surface area contributed by atoms with E-state index in [0.717, 1.165) is 30.0 Å². The monoisotopic (exact) mass is 317 g/mol. The minimum absolute atomic E-state index is 0.153. The summed E-state index contributed by atoms with van der Waals surface area (Å²) in [4.78, 5) is 12.0. The highest BCUT2D eigenvalue weighted by Crippen LogP contribution is 2.36. The minimum atomic E-state index is -0.153. The second-order valence-electron chi connectivity index (χ2n) is 7.12. The van der Waals surface area contributed by atoms with Gasteiger partial charge in [0.1, 0.15) is 5.75 Å². The number of amides is 1. The number of methoxy groups -OCH3 is 1. The summed E-state index contributed by atoms with van der Waals surface area (Å²) in [7, 11) is 1.61. The normalized spacial score (nSPS) is 21.7. The third-order valence-electron chi connectivity index (χ3n) is 4.05. The molecule has 1 fully saturated rings. The molecule has 1 aliphatic rings. The van der Waals surface area contributed by atoms with Crippen LogP contribution >= 0.6 is 0 Å². The molecular formula is C18H27N3O2. The summed E-state index contributed by atoms with van der Waals surface area (Å²) < 4.78 is 5.25. The van der Waals surface area contributed by atoms with Gasteiger partial charge in [0.05, 0.1) is 19.3 Å². The maximum atomic E-state index is 12.0. The second kappa shape index (κ2) is 7.49. The molecule has 1 amide bonds. The first-order valence-electron chi connectivity index (χ1n) is 8.11. The summed E-state index contributed by atoms with van der Waals surface area (Å²) in [6, 6.07) is 7.52. The number of benzene rings is 1. The number of carbonyl (C=O) groups excluding carboxylic acids is 1. The van der Waals surface area contributed by atoms with Crippen molar-refractivity contribution in [2.75, 3.05) is 19.0 Å². The molecule has 0 heterocycles. The summed E-state index contributed by atoms with van der Waals surface area (Å²) in [5, 5.41) is 7.40. The van der Waals surface area contributed by atoms with E-state index >= 15 is 0 Å². The van der Waals surface area contributed by atoms with Gasteiger partial charge in [-0.2, -0.15) is 5.10 Å². The minimum Gasteiger partial charge on any atom is -0.495 e. The Morgan fingerprint density at radius 2 is 2.13 bits per heavy atom. The Hall–Kier alpha value is -2.04. The van der Waals surface area contributed by atoms with Crippen molar-refractivity contribution >= 4 is 17.3 Å². The van der Waals surface area contributed by atoms with Crippen LogP contribution in [0.2, 0.25) is 0 Å². The number of hydrogen-bond donors (Lipinski definition) is 2. The van der Waals surface area contributed by atoms with Crippen molar-refractivity contribution < 1.29 is 9.53 Å². The molecule has 5 heteroatoms. The fraction of sp³-hybridized carbons (Fsp3) is 0.556. The van der Waals surface area contributed by atoms with E-state index in [9.17, 15) is 4.79 Å². The molecule has 1 atom stereocenters. The number of rotatable bonds is 5. The number of nitrogens with one attached hydrogen (secondary N) is 2. The maximum Gasteiger partial charge on any atom is 0.259 e. The number of hydrazone groups is 1. The van der Waals surface area contributed by atoms with Gasteiger partial charge in [0.25, 0.3) is 5.91 Å². The molecule has 0 radical (unpaired) electrons. The molecule has 0 aromatic heterocycles. The van der Waals surface area contributed by atoms with Crippen molar-refractivity contribution in [3.05, 3.63) is 24.3 Å². The highest BCUT2D eigenvalue weighted by molar-refractivity contribution is 5.88. The van der Waals surface area contributed by atoms with Gasteiger partial charge in [-0.3, -0.25) is 4.79 Å². The zero-order valence-electron chi connectivity index (χ0n) is 14.5. The van der Waals surface area contributed by atoms with E-state index in [1.807, 2.05) is 24.3 Å². The number of anilines is 1. The van der Waals surface area contributed by atoms with E-state index in [2.05, 4.69) is 36.6 Å². The fourth-order valence-corrected chi connectivity index (χ4v) is 3.35. The molecule has 0 spiro atoms. The Balaban J connectivity index is 1.86. The third-order valence-corrected chi connectivity index (χ3v) is 4.05. The molecular weight excluding hydrogens is 290 g/mol. The summed E-state index contributed by atoms with van der Waals surface area (Å²) in [5.41, 5.74) is 4.80. The third kappa shape index (κ3) is 5.27. The van der Waals surface area contributed by atoms with Crippen LogP contribution in [0.4, 0.5) is 5.69 Å². The SMILES string of the molecule is COc1ccccc1NCC(=O)N/N=C1/C[C@H](C)CC(C)(C)C1. The summed E-state index contributed by atoms with van der Waals surface area (Å²) >= 11 is 0. The van der Waals surface area contributed by atoms with Crippen LogP contribution in [-0.2, 0) is 4.79 Å². The number of ether oxygens (including phenoxy) is 1. The Morgan fingerprint density at radius 3 is 2.83 bits per heavy atom. The molecule has 0 unspecified atom stereocenters. The van der Waals surface area contributed by atoms with Gasteiger partial charge < -0.3 is 10.1 Å². The van der Waals surface area contributed by atoms with Crippen LogP contribution in [0.1, 0.15) is 40.0 Å². The molecule has 0 saturated heterocycles. The quantitative estimate of drug-likeness (QED) is 0.818. The van der Waals surface area contributed by atoms with Crippen molar-refractivity contribution in [1.29, 1.82) is 0 Å². The lowest BCUT2D eigenvalue weighted by atomic mass is 9.72. The molecule has 1 aliphatic carbocycles. The Labute approximate surface area is 138 Å². The lowest BCUT2D eigenvalue weighted by molar-refractivity contribution is -0.119. The number of carbonyl (C=O) groups is 1. The Morgan fingerprint density at radius 1 is 1.39 bits per heavy atom. The largest absolute Gasteiger partial charge is 0.495 e. The average Bonchev–Trinajstić information content (AvgIpc) is 2.49. The zero-order chi connectivity index (χ0) is 16.9. The topological polar surface area (TPSA) is 62.7 Å². The van der Waals surface area contributed by atoms with Crippen LogP contribution in [0, 0.1) is 11.3 Å². The van der Waals surface area contributed by atoms with Crippen molar-refractivity contribution in [3.63, 3.8) is 0 Å². The van der Waals surface area contributed by atoms with Crippen LogP contribution in [0.3, 0.4) is 0 Å². The van der Waals surface area contributed by atoms with Crippen LogP contribution in [-0.4, -0.2) is 25.3 Å². The summed E-state index contributed by atoms with van der Waals surface area (Å²) in [6.45, 7) is 6.91. The van der Waals surface area contributed by atoms with Gasteiger partial charge in [-0.1, -0.05) is 32.9 Å². The van der Waals surface area contributed by atoms with E-state index in [4.69, 9.17) is 4.74 Å². The first-order chi connectivity index (χ1) is 10.9. The van der Waals surface area contributed by atoms with Gasteiger partial charge in [0.15, 0.2) is 0 Å². The summed E-state index contributed by atoms with van der Waals surface area (Å²) in [6.07, 6.45) is 3.11. The zero-order valence-corrected chi connectivity index (χ0v) is 14.5. The molecule has 0 aliphatic heterocycles. The van der Waals surface area contributed by atoms with Gasteiger partial charge in [-0.05, 0) is 42.7 Å². The highest BCUT2D eigenvalue weighted by atomic mass is 16.5. The van der Waals surface area contributed by atoms with E-state index in [-0.39, 0.29) is 17.9 Å². The lowest BCUT2D eigenvalue weighted by Crippen LogP contribution is -2.31. The van der Waals surface area contributed by atoms with Crippen LogP contribution in [0.15, 0.2) is 29.4 Å². The molecule has 1 aromatic rings. The van der Waals surface area contributed by atoms with Gasteiger partial charge in [0.2, 0.25) is 0 Å². The first-order valence-corrected chi connectivity index (χ1v) is 8.11. The molecule has 23 heavy (non-hydrogen) atoms. The highest BCUT2D eigenvalue weighted by Gasteiger charge is 2.29. The second-order valence-corrected chi connectivity index (χ2v) is 7.12. The first kappa shape index (κ1) is 17.3. The molecule has 126 valence electrons. The maximum absolute atomic E-state index is 12.0. The fourth-order valence-electron chi connectivity index (χ4n) is 3.35. The lowest BCUT2D eigenvalue weighted by Gasteiger charge is -2.34. The van der Waals surface area contributed by atoms with E-state index < -0.39 is 0 Å². The number of nitrogens with zero attached hydrogens (tertiary/aromatic N) is 1. The van der Waals surface area contributed by atoms with Crippen LogP contribution in [0.25, 0.3) is 0 Å². The standard InChI is InChI=1S/C18H27N3O2/c1-13-9-14(11-18(2,3)10-13)20-21-17(22)12-19-15-7-5-6-8-16(15)23-4/h5-8,13,19H,9-12H2,1-4H3,(H,21,22)/b20-14-/t13-/m0/s1. The van der Waals surface area contributed by atoms with E-state index in [0.29, 0.717) is 5.92 Å². The molecule has 0 bridgehead atoms. The average molecular weight is 317 g/mol. The summed E-state index contributed by atoms with van der Waals surface area (Å²) in [5.74, 6) is 1.18. The predicted octanol–water partition coefficient (Wildman–Crippen LogP) is 3.43. The van der Waals surface area contributed by atoms with Crippen LogP contribution < -0.4 is 15.5 Å². The van der Waals surface area contributed by atoms with Gasteiger partial charge >= 0.3 is 0 Å². The van der Waals surface area contributed by atoms with Crippen molar-refractivity contribution in [2.24, 2.45) is 16.4 Å². The Bertz CT molecular complexity index is 581. The van der Waals surface area contributed by atoms with E-state index in [1.54, 1.807) is 7.11 Å². The predicted molar refractivity (Wildman–Crippen MR) is 93.9 cm³/mol. The smallest absolute Gasteiger partial charge is 0.259 e. The van der Waals surface area contributed by atoms with Crippen molar-refractivity contribution in [1.82, 2.24) is 5.43 Å². The van der Waals surface area contributed by atoms with Gasteiger partial charge in [-0.25, -0.2) is 5.43 Å². The van der Waals surface area contributed by atoms with Gasteiger partial charge in [-0.15, -0.1) is 0 Å². The van der Waals surface area contributed by atoms with E-state index in [1.165, 1.54) is 6.42 Å². The van der Waals surface area contributed by atoms with Crippen molar-refractivity contribution in [2.45, 2.75) is 40.0 Å². The van der Waals surface area contributed by atoms with Crippen LogP contribution in [0.5, 0.6) is 5.75 Å². The molecule has 2 N–H and O–H groups in total. The Kier molecular flexibility index (Phi) is 5.64. The molecule has 5 nitrogen and oxygen atoms in total. The molecule has 1 aromatic carbocycles. The van der Waals surface area contributed by atoms with Gasteiger partial charge in [0, 0.05) is 5.71 Å². The number of hydrogen-bond acceptors (Lipinski definition) is 4.